The average Bonchev–Trinajstić information content (AvgIpc) is 3.03. The van der Waals surface area contributed by atoms with Crippen molar-refractivity contribution in [1.29, 1.82) is 0 Å². The number of aromatic amines is 1. The van der Waals surface area contributed by atoms with E-state index in [0.717, 1.165) is 17.9 Å². The summed E-state index contributed by atoms with van der Waals surface area (Å²) in [5, 5.41) is 13.4. The minimum Gasteiger partial charge on any atom is -0.341 e. The number of nitrogens with one attached hydrogen (secondary N) is 1. The van der Waals surface area contributed by atoms with E-state index in [1.165, 1.54) is 28.5 Å². The number of aromatic nitrogens is 2. The molecule has 0 aliphatic heterocycles. The Kier molecular flexibility index (Phi) is 4.10. The zero-order valence-electron chi connectivity index (χ0n) is 14.3. The number of non-ortho nitro benzene ring substituents is 1. The molecule has 3 aromatic carbocycles. The van der Waals surface area contributed by atoms with Crippen molar-refractivity contribution in [2.75, 3.05) is 7.05 Å². The number of nitro benzene ring substituents is 1. The Balaban J connectivity index is 1.55. The Morgan fingerprint density at radius 2 is 1.88 bits per heavy atom. The summed E-state index contributed by atoms with van der Waals surface area (Å²) >= 11 is 0. The molecule has 0 aliphatic rings. The van der Waals surface area contributed by atoms with Gasteiger partial charge in [-0.15, -0.1) is 0 Å². The van der Waals surface area contributed by atoms with Crippen molar-refractivity contribution in [2.45, 2.75) is 13.1 Å². The van der Waals surface area contributed by atoms with Crippen molar-refractivity contribution in [3.05, 3.63) is 82.2 Å². The van der Waals surface area contributed by atoms with E-state index in [2.05, 4.69) is 51.3 Å². The van der Waals surface area contributed by atoms with Gasteiger partial charge in [0.05, 0.1) is 22.5 Å². The SMILES string of the molecule is CN(Cc1nc2ccc([N+](=O)[O-])cc2[nH]1)Cc1cccc2ccccc12. The zero-order chi connectivity index (χ0) is 18.1. The molecular formula is C20H18N4O2. The van der Waals surface area contributed by atoms with Gasteiger partial charge in [0.25, 0.3) is 5.69 Å². The van der Waals surface area contributed by atoms with Gasteiger partial charge in [0.15, 0.2) is 0 Å². The molecule has 0 radical (unpaired) electrons. The molecule has 0 unspecified atom stereocenters. The lowest BCUT2D eigenvalue weighted by molar-refractivity contribution is -0.384. The van der Waals surface area contributed by atoms with Gasteiger partial charge >= 0.3 is 0 Å². The first-order valence-corrected chi connectivity index (χ1v) is 8.38. The fourth-order valence-electron chi connectivity index (χ4n) is 3.27. The summed E-state index contributed by atoms with van der Waals surface area (Å²) in [6.45, 7) is 1.42. The van der Waals surface area contributed by atoms with Gasteiger partial charge in [-0.05, 0) is 29.4 Å². The van der Waals surface area contributed by atoms with Gasteiger partial charge in [-0.25, -0.2) is 4.98 Å². The molecule has 4 aromatic rings. The number of rotatable bonds is 5. The predicted octanol–water partition coefficient (Wildman–Crippen LogP) is 4.26. The van der Waals surface area contributed by atoms with Crippen molar-refractivity contribution < 1.29 is 4.92 Å². The van der Waals surface area contributed by atoms with Gasteiger partial charge < -0.3 is 4.98 Å². The molecule has 1 N–H and O–H groups in total. The molecule has 0 aliphatic carbocycles. The Labute approximate surface area is 150 Å². The van der Waals surface area contributed by atoms with Crippen molar-refractivity contribution in [2.24, 2.45) is 0 Å². The smallest absolute Gasteiger partial charge is 0.271 e. The molecule has 26 heavy (non-hydrogen) atoms. The molecule has 0 fully saturated rings. The number of hydrogen-bond donors (Lipinski definition) is 1. The number of fused-ring (bicyclic) bond motifs is 2. The summed E-state index contributed by atoms with van der Waals surface area (Å²) < 4.78 is 0. The lowest BCUT2D eigenvalue weighted by Crippen LogP contribution is -2.18. The third-order valence-corrected chi connectivity index (χ3v) is 4.47. The van der Waals surface area contributed by atoms with E-state index in [4.69, 9.17) is 0 Å². The van der Waals surface area contributed by atoms with Crippen LogP contribution in [0.15, 0.2) is 60.7 Å². The van der Waals surface area contributed by atoms with E-state index < -0.39 is 4.92 Å². The highest BCUT2D eigenvalue weighted by Crippen LogP contribution is 2.22. The van der Waals surface area contributed by atoms with Crippen LogP contribution in [0.3, 0.4) is 0 Å². The average molecular weight is 346 g/mol. The first kappa shape index (κ1) is 16.2. The van der Waals surface area contributed by atoms with Crippen LogP contribution in [0.4, 0.5) is 5.69 Å². The van der Waals surface area contributed by atoms with Crippen LogP contribution in [0.5, 0.6) is 0 Å². The Morgan fingerprint density at radius 1 is 1.08 bits per heavy atom. The molecule has 0 amide bonds. The van der Waals surface area contributed by atoms with Gasteiger partial charge in [-0.3, -0.25) is 15.0 Å². The maximum absolute atomic E-state index is 10.9. The predicted molar refractivity (Wildman–Crippen MR) is 102 cm³/mol. The second kappa shape index (κ2) is 6.57. The fourth-order valence-corrected chi connectivity index (χ4v) is 3.27. The monoisotopic (exact) mass is 346 g/mol. The molecule has 1 aromatic heterocycles. The van der Waals surface area contributed by atoms with E-state index >= 15 is 0 Å². The summed E-state index contributed by atoms with van der Waals surface area (Å²) in [6.07, 6.45) is 0. The molecule has 4 rings (SSSR count). The van der Waals surface area contributed by atoms with Gasteiger partial charge in [0.2, 0.25) is 0 Å². The maximum Gasteiger partial charge on any atom is 0.271 e. The number of nitro groups is 1. The minimum absolute atomic E-state index is 0.0665. The van der Waals surface area contributed by atoms with E-state index in [1.807, 2.05) is 13.1 Å². The Hall–Kier alpha value is -3.25. The number of hydrogen-bond acceptors (Lipinski definition) is 4. The van der Waals surface area contributed by atoms with Crippen LogP contribution < -0.4 is 0 Å². The van der Waals surface area contributed by atoms with Crippen LogP contribution in [0, 0.1) is 10.1 Å². The standard InChI is InChI=1S/C20H18N4O2/c1-23(12-15-7-4-6-14-5-2-3-8-17(14)15)13-20-21-18-10-9-16(24(25)26)11-19(18)22-20/h2-11H,12-13H2,1H3,(H,21,22). The summed E-state index contributed by atoms with van der Waals surface area (Å²) in [6, 6.07) is 19.4. The molecule has 0 saturated heterocycles. The molecule has 6 heteroatoms. The topological polar surface area (TPSA) is 75.1 Å². The van der Waals surface area contributed by atoms with E-state index in [9.17, 15) is 10.1 Å². The normalized spacial score (nSPS) is 11.5. The minimum atomic E-state index is -0.396. The first-order chi connectivity index (χ1) is 12.6. The molecule has 0 atom stereocenters. The van der Waals surface area contributed by atoms with Crippen molar-refractivity contribution in [1.82, 2.24) is 14.9 Å². The highest BCUT2D eigenvalue weighted by molar-refractivity contribution is 5.85. The molecule has 130 valence electrons. The van der Waals surface area contributed by atoms with Crippen molar-refractivity contribution in [3.63, 3.8) is 0 Å². The largest absolute Gasteiger partial charge is 0.341 e. The molecule has 0 saturated carbocycles. The van der Waals surface area contributed by atoms with Crippen molar-refractivity contribution in [3.8, 4) is 0 Å². The highest BCUT2D eigenvalue weighted by atomic mass is 16.6. The zero-order valence-corrected chi connectivity index (χ0v) is 14.3. The Morgan fingerprint density at radius 3 is 2.73 bits per heavy atom. The number of nitrogens with zero attached hydrogens (tertiary/aromatic N) is 3. The molecule has 0 spiro atoms. The summed E-state index contributed by atoms with van der Waals surface area (Å²) in [5.41, 5.74) is 2.76. The summed E-state index contributed by atoms with van der Waals surface area (Å²) in [4.78, 5) is 20.4. The van der Waals surface area contributed by atoms with E-state index in [1.54, 1.807) is 6.07 Å². The second-order valence-corrected chi connectivity index (χ2v) is 6.45. The third-order valence-electron chi connectivity index (χ3n) is 4.47. The lowest BCUT2D eigenvalue weighted by atomic mass is 10.0. The van der Waals surface area contributed by atoms with E-state index in [-0.39, 0.29) is 5.69 Å². The number of benzene rings is 3. The maximum atomic E-state index is 10.9. The van der Waals surface area contributed by atoms with Crippen LogP contribution in [0.1, 0.15) is 11.4 Å². The summed E-state index contributed by atoms with van der Waals surface area (Å²) in [5.74, 6) is 0.795. The quantitative estimate of drug-likeness (QED) is 0.433. The van der Waals surface area contributed by atoms with Crippen LogP contribution in [0.25, 0.3) is 21.8 Å². The highest BCUT2D eigenvalue weighted by Gasteiger charge is 2.11. The second-order valence-electron chi connectivity index (χ2n) is 6.45. The molecule has 6 nitrogen and oxygen atoms in total. The first-order valence-electron chi connectivity index (χ1n) is 8.38. The number of H-pyrrole nitrogens is 1. The van der Waals surface area contributed by atoms with Gasteiger partial charge in [0, 0.05) is 18.7 Å². The molecule has 0 bridgehead atoms. The number of imidazole rings is 1. The fraction of sp³-hybridized carbons (Fsp3) is 0.150. The Bertz CT molecular complexity index is 1100. The third kappa shape index (κ3) is 3.14. The van der Waals surface area contributed by atoms with Crippen LogP contribution in [-0.2, 0) is 13.1 Å². The van der Waals surface area contributed by atoms with Gasteiger partial charge in [-0.2, -0.15) is 0 Å². The van der Waals surface area contributed by atoms with Crippen LogP contribution >= 0.6 is 0 Å². The lowest BCUT2D eigenvalue weighted by Gasteiger charge is -2.16. The molecular weight excluding hydrogens is 328 g/mol. The molecule has 1 heterocycles. The van der Waals surface area contributed by atoms with Crippen LogP contribution in [0.2, 0.25) is 0 Å². The van der Waals surface area contributed by atoms with Gasteiger partial charge in [-0.1, -0.05) is 42.5 Å². The van der Waals surface area contributed by atoms with Crippen LogP contribution in [-0.4, -0.2) is 26.8 Å². The summed E-state index contributed by atoms with van der Waals surface area (Å²) in [7, 11) is 2.04. The van der Waals surface area contributed by atoms with Crippen molar-refractivity contribution >= 4 is 27.5 Å². The van der Waals surface area contributed by atoms with Gasteiger partial charge in [0.1, 0.15) is 5.82 Å². The van der Waals surface area contributed by atoms with E-state index in [0.29, 0.717) is 12.1 Å².